The van der Waals surface area contributed by atoms with E-state index in [0.717, 1.165) is 57.4 Å². The highest BCUT2D eigenvalue weighted by Crippen LogP contribution is 2.32. The van der Waals surface area contributed by atoms with Gasteiger partial charge in [-0.15, -0.1) is 24.4 Å². The Labute approximate surface area is 224 Å². The fraction of sp³-hybridized carbons (Fsp3) is 0.300. The van der Waals surface area contributed by atoms with E-state index >= 15 is 0 Å². The highest BCUT2D eigenvalue weighted by atomic mass is 32.2. The number of nitrogens with one attached hydrogen (secondary N) is 1. The van der Waals surface area contributed by atoms with Crippen molar-refractivity contribution in [3.05, 3.63) is 78.4 Å². The van der Waals surface area contributed by atoms with Gasteiger partial charge in [-0.25, -0.2) is 0 Å². The number of hydrogen-bond donors (Lipinski definition) is 2. The first-order valence-electron chi connectivity index (χ1n) is 12.3. The molecule has 0 unspecified atom stereocenters. The molecule has 0 bridgehead atoms. The summed E-state index contributed by atoms with van der Waals surface area (Å²) in [5.41, 5.74) is 3.93. The number of carbonyl (C=O) groups is 1. The smallest absolute Gasteiger partial charge is 0.248 e. The Morgan fingerprint density at radius 2 is 1.69 bits per heavy atom. The average molecular weight is 522 g/mol. The van der Waals surface area contributed by atoms with Gasteiger partial charge in [-0.3, -0.25) is 4.79 Å². The van der Waals surface area contributed by atoms with Crippen LogP contribution in [0.25, 0.3) is 17.2 Å². The van der Waals surface area contributed by atoms with E-state index in [9.17, 15) is 4.79 Å². The van der Waals surface area contributed by atoms with Crippen LogP contribution in [0.15, 0.2) is 82.6 Å². The zero-order valence-electron chi connectivity index (χ0n) is 21.2. The first-order chi connectivity index (χ1) is 17.4. The highest BCUT2D eigenvalue weighted by molar-refractivity contribution is 8.00. The summed E-state index contributed by atoms with van der Waals surface area (Å²) in [5, 5.41) is 3.32. The molecule has 1 N–H and O–H groups in total. The Hall–Kier alpha value is -2.67. The highest BCUT2D eigenvalue weighted by Gasteiger charge is 2.08. The lowest BCUT2D eigenvalue weighted by Crippen LogP contribution is -2.07. The van der Waals surface area contributed by atoms with Crippen LogP contribution >= 0.6 is 24.4 Å². The van der Waals surface area contributed by atoms with Crippen LogP contribution in [0.2, 0.25) is 0 Å². The van der Waals surface area contributed by atoms with Gasteiger partial charge in [0.25, 0.3) is 0 Å². The maximum absolute atomic E-state index is 12.5. The normalized spacial score (nSPS) is 11.2. The Bertz CT molecular complexity index is 1130. The van der Waals surface area contributed by atoms with Gasteiger partial charge in [0.1, 0.15) is 12.4 Å². The zero-order chi connectivity index (χ0) is 25.8. The van der Waals surface area contributed by atoms with Crippen LogP contribution in [-0.2, 0) is 9.53 Å². The number of thioether (sulfide) groups is 1. The molecular formula is C30H35NO3S2. The van der Waals surface area contributed by atoms with Gasteiger partial charge in [-0.1, -0.05) is 45.4 Å². The maximum Gasteiger partial charge on any atom is 0.248 e. The molecule has 190 valence electrons. The molecule has 0 saturated carbocycles. The summed E-state index contributed by atoms with van der Waals surface area (Å²) >= 11 is 6.06. The number of amides is 1. The largest absolute Gasteiger partial charge is 0.491 e. The molecule has 0 heterocycles. The lowest BCUT2D eigenvalue weighted by molar-refractivity contribution is -0.111. The molecule has 0 aromatic heterocycles. The van der Waals surface area contributed by atoms with Crippen LogP contribution in [0.5, 0.6) is 5.75 Å². The second-order valence-electron chi connectivity index (χ2n) is 8.63. The van der Waals surface area contributed by atoms with Crippen LogP contribution in [-0.4, -0.2) is 31.0 Å². The van der Waals surface area contributed by atoms with E-state index in [1.807, 2.05) is 42.5 Å². The predicted octanol–water partition coefficient (Wildman–Crippen LogP) is 7.99. The molecule has 0 saturated heterocycles. The van der Waals surface area contributed by atoms with Crippen molar-refractivity contribution in [1.82, 2.24) is 0 Å². The molecule has 6 heteroatoms. The van der Waals surface area contributed by atoms with Crippen LogP contribution in [0.4, 0.5) is 5.69 Å². The molecule has 1 amide bonds. The standard InChI is InChI=1S/C30H35NO3S2/c1-4-5-18-33-19-20-34-27-12-6-23(7-13-27)24-8-16-29(36-22(2)3)25(21-24)9-17-30(32)31-26-10-14-28(35)15-11-26/h6-17,21-22,35H,4-5,18-20H2,1-3H3,(H,31,32)/b17-9+. The van der Waals surface area contributed by atoms with E-state index in [0.29, 0.717) is 18.5 Å². The van der Waals surface area contributed by atoms with Crippen molar-refractivity contribution in [3.63, 3.8) is 0 Å². The van der Waals surface area contributed by atoms with Gasteiger partial charge in [-0.2, -0.15) is 0 Å². The SMILES string of the molecule is CCCCOCCOc1ccc(-c2ccc(SC(C)C)c(/C=C/C(=O)Nc3ccc(S)cc3)c2)cc1. The topological polar surface area (TPSA) is 47.6 Å². The van der Waals surface area contributed by atoms with Crippen LogP contribution in [0.3, 0.4) is 0 Å². The maximum atomic E-state index is 12.5. The van der Waals surface area contributed by atoms with Crippen molar-refractivity contribution in [2.45, 2.75) is 48.7 Å². The van der Waals surface area contributed by atoms with Crippen molar-refractivity contribution < 1.29 is 14.3 Å². The number of rotatable bonds is 13. The molecule has 0 radical (unpaired) electrons. The van der Waals surface area contributed by atoms with Gasteiger partial charge in [0.15, 0.2) is 0 Å². The number of benzene rings is 3. The molecular weight excluding hydrogens is 486 g/mol. The fourth-order valence-corrected chi connectivity index (χ4v) is 4.49. The monoisotopic (exact) mass is 521 g/mol. The summed E-state index contributed by atoms with van der Waals surface area (Å²) in [6, 6.07) is 21.8. The van der Waals surface area contributed by atoms with E-state index in [1.165, 1.54) is 0 Å². The molecule has 0 aliphatic heterocycles. The second-order valence-corrected chi connectivity index (χ2v) is 10.8. The number of hydrogen-bond acceptors (Lipinski definition) is 5. The number of anilines is 1. The lowest BCUT2D eigenvalue weighted by atomic mass is 10.0. The molecule has 0 atom stereocenters. The molecule has 36 heavy (non-hydrogen) atoms. The molecule has 0 fully saturated rings. The van der Waals surface area contributed by atoms with Crippen molar-refractivity contribution in [1.29, 1.82) is 0 Å². The Morgan fingerprint density at radius 3 is 2.39 bits per heavy atom. The molecule has 3 aromatic carbocycles. The predicted molar refractivity (Wildman–Crippen MR) is 155 cm³/mol. The number of unbranched alkanes of at least 4 members (excludes halogenated alkanes) is 1. The molecule has 3 rings (SSSR count). The average Bonchev–Trinajstić information content (AvgIpc) is 2.87. The summed E-state index contributed by atoms with van der Waals surface area (Å²) in [7, 11) is 0. The quantitative estimate of drug-likeness (QED) is 0.104. The van der Waals surface area contributed by atoms with Gasteiger partial charge in [0.05, 0.1) is 6.61 Å². The number of carbonyl (C=O) groups excluding carboxylic acids is 1. The Balaban J connectivity index is 1.69. The van der Waals surface area contributed by atoms with E-state index in [2.05, 4.69) is 69.0 Å². The molecule has 0 aliphatic rings. The summed E-state index contributed by atoms with van der Waals surface area (Å²) in [4.78, 5) is 14.5. The third kappa shape index (κ3) is 9.41. The lowest BCUT2D eigenvalue weighted by Gasteiger charge is -2.12. The fourth-order valence-electron chi connectivity index (χ4n) is 3.42. The first kappa shape index (κ1) is 27.9. The Kier molecular flexibility index (Phi) is 11.5. The van der Waals surface area contributed by atoms with E-state index in [4.69, 9.17) is 9.47 Å². The zero-order valence-corrected chi connectivity index (χ0v) is 22.9. The minimum absolute atomic E-state index is 0.173. The molecule has 0 aliphatic carbocycles. The van der Waals surface area contributed by atoms with Crippen LogP contribution in [0.1, 0.15) is 39.2 Å². The van der Waals surface area contributed by atoms with Crippen LogP contribution in [0, 0.1) is 0 Å². The number of thiol groups is 1. The van der Waals surface area contributed by atoms with Gasteiger partial charge >= 0.3 is 0 Å². The van der Waals surface area contributed by atoms with Gasteiger partial charge in [-0.05, 0) is 77.7 Å². The molecule has 0 spiro atoms. The summed E-state index contributed by atoms with van der Waals surface area (Å²) in [5.74, 6) is 0.653. The Morgan fingerprint density at radius 1 is 0.972 bits per heavy atom. The second kappa shape index (κ2) is 14.8. The minimum atomic E-state index is -0.173. The van der Waals surface area contributed by atoms with Gasteiger partial charge in [0.2, 0.25) is 5.91 Å². The van der Waals surface area contributed by atoms with Gasteiger partial charge < -0.3 is 14.8 Å². The van der Waals surface area contributed by atoms with Crippen molar-refractivity contribution in [2.75, 3.05) is 25.1 Å². The van der Waals surface area contributed by atoms with E-state index < -0.39 is 0 Å². The molecule has 4 nitrogen and oxygen atoms in total. The van der Waals surface area contributed by atoms with E-state index in [1.54, 1.807) is 17.8 Å². The van der Waals surface area contributed by atoms with E-state index in [-0.39, 0.29) is 5.91 Å². The first-order valence-corrected chi connectivity index (χ1v) is 13.7. The summed E-state index contributed by atoms with van der Waals surface area (Å²) < 4.78 is 11.3. The number of ether oxygens (including phenoxy) is 2. The molecule has 3 aromatic rings. The summed E-state index contributed by atoms with van der Waals surface area (Å²) in [6.07, 6.45) is 5.68. The third-order valence-electron chi connectivity index (χ3n) is 5.25. The van der Waals surface area contributed by atoms with Crippen molar-refractivity contribution >= 4 is 42.1 Å². The van der Waals surface area contributed by atoms with Crippen molar-refractivity contribution in [2.24, 2.45) is 0 Å². The summed E-state index contributed by atoms with van der Waals surface area (Å²) in [6.45, 7) is 8.40. The van der Waals surface area contributed by atoms with Crippen molar-refractivity contribution in [3.8, 4) is 16.9 Å². The minimum Gasteiger partial charge on any atom is -0.491 e. The van der Waals surface area contributed by atoms with Gasteiger partial charge in [0, 0.05) is 33.4 Å². The third-order valence-corrected chi connectivity index (χ3v) is 6.64. The van der Waals surface area contributed by atoms with Crippen LogP contribution < -0.4 is 10.1 Å².